The van der Waals surface area contributed by atoms with Crippen LogP contribution in [0.25, 0.3) is 0 Å². The summed E-state index contributed by atoms with van der Waals surface area (Å²) in [6.45, 7) is 8.98. The number of furan rings is 1. The molecule has 140 valence electrons. The summed E-state index contributed by atoms with van der Waals surface area (Å²) in [5.41, 5.74) is -1.10. The Labute approximate surface area is 167 Å². The summed E-state index contributed by atoms with van der Waals surface area (Å²) in [7, 11) is 0. The first-order valence-corrected chi connectivity index (χ1v) is 8.79. The number of likely N-dealkylation sites (tertiary alicyclic amines) is 1. The molecule has 1 fully saturated rings. The molecule has 2 unspecified atom stereocenters. The van der Waals surface area contributed by atoms with Crippen molar-refractivity contribution in [1.82, 2.24) is 15.1 Å². The zero-order chi connectivity index (χ0) is 17.0. The summed E-state index contributed by atoms with van der Waals surface area (Å²) in [6, 6.07) is 4.15. The van der Waals surface area contributed by atoms with Gasteiger partial charge in [0.25, 0.3) is 0 Å². The fourth-order valence-electron chi connectivity index (χ4n) is 3.34. The maximum Gasteiger partial charge on any atom is 0.194 e. The van der Waals surface area contributed by atoms with Gasteiger partial charge in [-0.25, -0.2) is 4.99 Å². The van der Waals surface area contributed by atoms with Gasteiger partial charge in [-0.15, -0.1) is 24.0 Å². The van der Waals surface area contributed by atoms with Crippen molar-refractivity contribution in [2.45, 2.75) is 31.9 Å². The van der Waals surface area contributed by atoms with Gasteiger partial charge in [0.1, 0.15) is 11.4 Å². The molecule has 2 N–H and O–H groups in total. The first-order chi connectivity index (χ1) is 11.6. The molecule has 0 aliphatic carbocycles. The van der Waals surface area contributed by atoms with E-state index in [0.717, 1.165) is 45.1 Å². The van der Waals surface area contributed by atoms with Crippen molar-refractivity contribution in [2.24, 2.45) is 4.99 Å². The number of halogens is 1. The largest absolute Gasteiger partial charge is 0.466 e. The van der Waals surface area contributed by atoms with Crippen molar-refractivity contribution >= 4 is 29.9 Å². The molecule has 6 nitrogen and oxygen atoms in total. The summed E-state index contributed by atoms with van der Waals surface area (Å²) in [6.07, 6.45) is 7.21. The third kappa shape index (κ3) is 4.98. The first kappa shape index (κ1) is 20.3. The highest BCUT2D eigenvalue weighted by atomic mass is 127. The Morgan fingerprint density at radius 3 is 2.84 bits per heavy atom. The van der Waals surface area contributed by atoms with Crippen molar-refractivity contribution < 1.29 is 9.52 Å². The van der Waals surface area contributed by atoms with Gasteiger partial charge in [0.2, 0.25) is 0 Å². The molecule has 0 amide bonds. The predicted molar refractivity (Wildman–Crippen MR) is 110 cm³/mol. The highest BCUT2D eigenvalue weighted by molar-refractivity contribution is 14.0. The van der Waals surface area contributed by atoms with Crippen LogP contribution in [0.5, 0.6) is 0 Å². The topological polar surface area (TPSA) is 64.2 Å². The normalized spacial score (nSPS) is 23.6. The highest BCUT2D eigenvalue weighted by Gasteiger charge is 2.31. The number of hydrogen-bond donors (Lipinski definition) is 2. The van der Waals surface area contributed by atoms with Crippen LogP contribution in [0.3, 0.4) is 0 Å². The van der Waals surface area contributed by atoms with Crippen LogP contribution in [0.15, 0.2) is 40.0 Å². The average Bonchev–Trinajstić information content (AvgIpc) is 3.33. The molecule has 0 bridgehead atoms. The summed E-state index contributed by atoms with van der Waals surface area (Å²) >= 11 is 0. The molecule has 1 saturated heterocycles. The summed E-state index contributed by atoms with van der Waals surface area (Å²) in [5, 5.41) is 13.9. The van der Waals surface area contributed by atoms with Crippen LogP contribution < -0.4 is 5.32 Å². The van der Waals surface area contributed by atoms with Crippen molar-refractivity contribution in [3.05, 3.63) is 36.3 Å². The standard InChI is InChI=1S/C18H28N4O2.HI/c1-3-19-17(20-14-18(2,23)16-7-6-12-24-16)22-11-8-15(13-22)21-9-4-5-10-21;/h4-7,12,15,23H,3,8-11,13-14H2,1-2H3,(H,19,20);1H. The van der Waals surface area contributed by atoms with Crippen molar-refractivity contribution in [2.75, 3.05) is 39.3 Å². The van der Waals surface area contributed by atoms with Crippen LogP contribution in [0.1, 0.15) is 26.0 Å². The SMILES string of the molecule is CCNC(=NCC(C)(O)c1ccco1)N1CCC(N2CC=CC2)C1.I. The second-order valence-corrected chi connectivity index (χ2v) is 6.74. The van der Waals surface area contributed by atoms with Gasteiger partial charge in [-0.3, -0.25) is 4.90 Å². The van der Waals surface area contributed by atoms with E-state index in [-0.39, 0.29) is 30.5 Å². The smallest absolute Gasteiger partial charge is 0.194 e. The number of hydrogen-bond acceptors (Lipinski definition) is 4. The van der Waals surface area contributed by atoms with E-state index in [4.69, 9.17) is 4.42 Å². The Bertz CT molecular complexity index is 578. The monoisotopic (exact) mass is 460 g/mol. The lowest BCUT2D eigenvalue weighted by Crippen LogP contribution is -2.43. The molecule has 25 heavy (non-hydrogen) atoms. The van der Waals surface area contributed by atoms with E-state index in [1.165, 1.54) is 0 Å². The fourth-order valence-corrected chi connectivity index (χ4v) is 3.34. The maximum atomic E-state index is 10.6. The molecule has 3 rings (SSSR count). The lowest BCUT2D eigenvalue weighted by atomic mass is 10.0. The Morgan fingerprint density at radius 2 is 2.20 bits per heavy atom. The van der Waals surface area contributed by atoms with Crippen molar-refractivity contribution in [3.8, 4) is 0 Å². The van der Waals surface area contributed by atoms with E-state index in [1.807, 2.05) is 0 Å². The maximum absolute atomic E-state index is 10.6. The molecule has 0 aromatic carbocycles. The van der Waals surface area contributed by atoms with Gasteiger partial charge >= 0.3 is 0 Å². The van der Waals surface area contributed by atoms with Gasteiger partial charge in [0, 0.05) is 38.8 Å². The minimum Gasteiger partial charge on any atom is -0.466 e. The molecule has 2 atom stereocenters. The van der Waals surface area contributed by atoms with Crippen LogP contribution in [0.4, 0.5) is 0 Å². The Kier molecular flexibility index (Phi) is 7.33. The number of aliphatic hydroxyl groups is 1. The molecule has 2 aliphatic rings. The van der Waals surface area contributed by atoms with Gasteiger partial charge in [0.15, 0.2) is 5.96 Å². The second kappa shape index (κ2) is 9.05. The molecule has 2 aliphatic heterocycles. The molecule has 1 aromatic heterocycles. The van der Waals surface area contributed by atoms with Crippen molar-refractivity contribution in [1.29, 1.82) is 0 Å². The number of rotatable bonds is 5. The fraction of sp³-hybridized carbons (Fsp3) is 0.611. The van der Waals surface area contributed by atoms with E-state index in [1.54, 1.807) is 25.3 Å². The molecule has 0 radical (unpaired) electrons. The molecule has 1 aromatic rings. The Morgan fingerprint density at radius 1 is 1.44 bits per heavy atom. The zero-order valence-corrected chi connectivity index (χ0v) is 17.3. The van der Waals surface area contributed by atoms with Crippen molar-refractivity contribution in [3.63, 3.8) is 0 Å². The third-order valence-corrected chi connectivity index (χ3v) is 4.75. The minimum absolute atomic E-state index is 0. The summed E-state index contributed by atoms with van der Waals surface area (Å²) in [4.78, 5) is 9.47. The van der Waals surface area contributed by atoms with Gasteiger partial charge in [-0.1, -0.05) is 12.2 Å². The van der Waals surface area contributed by atoms with Gasteiger partial charge in [0.05, 0.1) is 12.8 Å². The van der Waals surface area contributed by atoms with E-state index in [0.29, 0.717) is 11.8 Å². The lowest BCUT2D eigenvalue weighted by molar-refractivity contribution is 0.0435. The lowest BCUT2D eigenvalue weighted by Gasteiger charge is -2.26. The predicted octanol–water partition coefficient (Wildman–Crippen LogP) is 2.02. The number of guanidine groups is 1. The van der Waals surface area contributed by atoms with E-state index in [2.05, 4.69) is 39.2 Å². The second-order valence-electron chi connectivity index (χ2n) is 6.74. The van der Waals surface area contributed by atoms with Crippen LogP contribution >= 0.6 is 24.0 Å². The summed E-state index contributed by atoms with van der Waals surface area (Å²) in [5.74, 6) is 1.42. The van der Waals surface area contributed by atoms with Crippen LogP contribution in [0, 0.1) is 0 Å². The van der Waals surface area contributed by atoms with Gasteiger partial charge < -0.3 is 19.7 Å². The number of nitrogens with one attached hydrogen (secondary N) is 1. The van der Waals surface area contributed by atoms with E-state index in [9.17, 15) is 5.11 Å². The molecule has 0 saturated carbocycles. The van der Waals surface area contributed by atoms with Crippen LogP contribution in [0.2, 0.25) is 0 Å². The highest BCUT2D eigenvalue weighted by Crippen LogP contribution is 2.22. The minimum atomic E-state index is -1.10. The number of aliphatic imine (C=N–C) groups is 1. The first-order valence-electron chi connectivity index (χ1n) is 8.79. The Balaban J connectivity index is 0.00000225. The zero-order valence-electron chi connectivity index (χ0n) is 15.0. The van der Waals surface area contributed by atoms with Crippen LogP contribution in [-0.4, -0.2) is 66.2 Å². The molecular weight excluding hydrogens is 431 g/mol. The average molecular weight is 460 g/mol. The third-order valence-electron chi connectivity index (χ3n) is 4.75. The van der Waals surface area contributed by atoms with E-state index < -0.39 is 5.60 Å². The Hall–Kier alpha value is -1.06. The van der Waals surface area contributed by atoms with Gasteiger partial charge in [-0.05, 0) is 32.4 Å². The molecule has 3 heterocycles. The van der Waals surface area contributed by atoms with E-state index >= 15 is 0 Å². The van der Waals surface area contributed by atoms with Gasteiger partial charge in [-0.2, -0.15) is 0 Å². The molecule has 7 heteroatoms. The molecule has 0 spiro atoms. The number of nitrogens with zero attached hydrogens (tertiary/aromatic N) is 3. The van der Waals surface area contributed by atoms with Crippen LogP contribution in [-0.2, 0) is 5.60 Å². The quantitative estimate of drug-likeness (QED) is 0.305. The summed E-state index contributed by atoms with van der Waals surface area (Å²) < 4.78 is 5.33. The molecular formula is C18H29IN4O2.